The van der Waals surface area contributed by atoms with E-state index in [0.717, 1.165) is 39.0 Å². The SMILES string of the molecule is CCCNc1ccc(C(=O)NCCCN(CC)CC)nn1. The molecule has 0 atom stereocenters. The number of amides is 1. The Balaban J connectivity index is 2.31. The topological polar surface area (TPSA) is 70.2 Å². The number of hydrogen-bond donors (Lipinski definition) is 2. The highest BCUT2D eigenvalue weighted by Gasteiger charge is 2.07. The minimum Gasteiger partial charge on any atom is -0.369 e. The van der Waals surface area contributed by atoms with Crippen molar-refractivity contribution in [2.75, 3.05) is 38.0 Å². The van der Waals surface area contributed by atoms with Gasteiger partial charge in [0.05, 0.1) is 0 Å². The first-order valence-electron chi connectivity index (χ1n) is 7.79. The summed E-state index contributed by atoms with van der Waals surface area (Å²) in [6.45, 7) is 11.0. The molecule has 1 aromatic rings. The standard InChI is InChI=1S/C15H27N5O/c1-4-10-16-14-9-8-13(18-19-14)15(21)17-11-7-12-20(5-2)6-3/h8-9H,4-7,10-12H2,1-3H3,(H,16,19)(H,17,21). The van der Waals surface area contributed by atoms with Crippen LogP contribution in [0.5, 0.6) is 0 Å². The Hall–Kier alpha value is -1.69. The number of rotatable bonds is 10. The molecule has 118 valence electrons. The zero-order chi connectivity index (χ0) is 15.5. The Bertz CT molecular complexity index is 403. The summed E-state index contributed by atoms with van der Waals surface area (Å²) in [6, 6.07) is 3.48. The van der Waals surface area contributed by atoms with Crippen LogP contribution in [0, 0.1) is 0 Å². The number of anilines is 1. The molecule has 0 unspecified atom stereocenters. The molecule has 0 aliphatic rings. The molecule has 0 bridgehead atoms. The molecular weight excluding hydrogens is 266 g/mol. The van der Waals surface area contributed by atoms with Gasteiger partial charge in [-0.15, -0.1) is 10.2 Å². The van der Waals surface area contributed by atoms with Crippen molar-refractivity contribution in [1.29, 1.82) is 0 Å². The summed E-state index contributed by atoms with van der Waals surface area (Å²) in [6.07, 6.45) is 1.97. The first-order chi connectivity index (χ1) is 10.2. The predicted molar refractivity (Wildman–Crippen MR) is 85.6 cm³/mol. The van der Waals surface area contributed by atoms with Crippen molar-refractivity contribution in [3.63, 3.8) is 0 Å². The van der Waals surface area contributed by atoms with E-state index in [2.05, 4.69) is 46.5 Å². The Morgan fingerprint density at radius 1 is 1.14 bits per heavy atom. The predicted octanol–water partition coefficient (Wildman–Crippen LogP) is 1.76. The highest BCUT2D eigenvalue weighted by atomic mass is 16.1. The van der Waals surface area contributed by atoms with E-state index in [-0.39, 0.29) is 5.91 Å². The number of hydrogen-bond acceptors (Lipinski definition) is 5. The van der Waals surface area contributed by atoms with Gasteiger partial charge in [0.25, 0.3) is 5.91 Å². The lowest BCUT2D eigenvalue weighted by molar-refractivity contribution is 0.0946. The fourth-order valence-corrected chi connectivity index (χ4v) is 1.94. The second-order valence-electron chi connectivity index (χ2n) is 4.87. The van der Waals surface area contributed by atoms with E-state index in [9.17, 15) is 4.79 Å². The molecule has 2 N–H and O–H groups in total. The average Bonchev–Trinajstić information content (AvgIpc) is 2.53. The molecule has 1 aromatic heterocycles. The molecule has 6 nitrogen and oxygen atoms in total. The quantitative estimate of drug-likeness (QED) is 0.643. The van der Waals surface area contributed by atoms with Crippen LogP contribution in [0.15, 0.2) is 12.1 Å². The van der Waals surface area contributed by atoms with Gasteiger partial charge in [-0.25, -0.2) is 0 Å². The van der Waals surface area contributed by atoms with Gasteiger partial charge < -0.3 is 15.5 Å². The van der Waals surface area contributed by atoms with Gasteiger partial charge in [0, 0.05) is 13.1 Å². The van der Waals surface area contributed by atoms with Crippen molar-refractivity contribution in [3.8, 4) is 0 Å². The van der Waals surface area contributed by atoms with Gasteiger partial charge in [-0.2, -0.15) is 0 Å². The van der Waals surface area contributed by atoms with Gasteiger partial charge in [-0.3, -0.25) is 4.79 Å². The lowest BCUT2D eigenvalue weighted by atomic mass is 10.3. The molecule has 0 aromatic carbocycles. The van der Waals surface area contributed by atoms with Crippen LogP contribution in [-0.4, -0.2) is 53.7 Å². The number of aromatic nitrogens is 2. The molecule has 0 spiro atoms. The lowest BCUT2D eigenvalue weighted by Gasteiger charge is -2.17. The summed E-state index contributed by atoms with van der Waals surface area (Å²) >= 11 is 0. The molecule has 21 heavy (non-hydrogen) atoms. The molecule has 0 fully saturated rings. The van der Waals surface area contributed by atoms with E-state index in [1.807, 2.05) is 0 Å². The summed E-state index contributed by atoms with van der Waals surface area (Å²) in [4.78, 5) is 14.2. The summed E-state index contributed by atoms with van der Waals surface area (Å²) in [5.41, 5.74) is 0.361. The minimum absolute atomic E-state index is 0.163. The fourth-order valence-electron chi connectivity index (χ4n) is 1.94. The number of nitrogens with zero attached hydrogens (tertiary/aromatic N) is 3. The molecule has 1 rings (SSSR count). The first-order valence-corrected chi connectivity index (χ1v) is 7.79. The maximum absolute atomic E-state index is 11.9. The van der Waals surface area contributed by atoms with Gasteiger partial charge >= 0.3 is 0 Å². The number of nitrogens with one attached hydrogen (secondary N) is 2. The molecule has 6 heteroatoms. The van der Waals surface area contributed by atoms with E-state index in [4.69, 9.17) is 0 Å². The van der Waals surface area contributed by atoms with E-state index in [1.165, 1.54) is 0 Å². The Labute approximate surface area is 127 Å². The van der Waals surface area contributed by atoms with Crippen LogP contribution in [0.1, 0.15) is 44.1 Å². The third kappa shape index (κ3) is 6.53. The highest BCUT2D eigenvalue weighted by molar-refractivity contribution is 5.92. The fraction of sp³-hybridized carbons (Fsp3) is 0.667. The van der Waals surface area contributed by atoms with Crippen molar-refractivity contribution in [3.05, 3.63) is 17.8 Å². The van der Waals surface area contributed by atoms with Crippen LogP contribution in [0.4, 0.5) is 5.82 Å². The van der Waals surface area contributed by atoms with Crippen molar-refractivity contribution >= 4 is 11.7 Å². The minimum atomic E-state index is -0.163. The summed E-state index contributed by atoms with van der Waals surface area (Å²) < 4.78 is 0. The molecule has 0 saturated heterocycles. The van der Waals surface area contributed by atoms with Crippen molar-refractivity contribution in [1.82, 2.24) is 20.4 Å². The van der Waals surface area contributed by atoms with Crippen LogP contribution in [0.2, 0.25) is 0 Å². The van der Waals surface area contributed by atoms with E-state index in [1.54, 1.807) is 12.1 Å². The van der Waals surface area contributed by atoms with E-state index < -0.39 is 0 Å². The van der Waals surface area contributed by atoms with Crippen molar-refractivity contribution in [2.24, 2.45) is 0 Å². The third-order valence-electron chi connectivity index (χ3n) is 3.28. The second kappa shape index (κ2) is 10.1. The normalized spacial score (nSPS) is 10.7. The lowest BCUT2D eigenvalue weighted by Crippen LogP contribution is -2.30. The van der Waals surface area contributed by atoms with Gasteiger partial charge in [0.2, 0.25) is 0 Å². The molecule has 0 radical (unpaired) electrons. The average molecular weight is 293 g/mol. The molecule has 1 heterocycles. The molecule has 0 aliphatic carbocycles. The van der Waals surface area contributed by atoms with Crippen molar-refractivity contribution < 1.29 is 4.79 Å². The van der Waals surface area contributed by atoms with E-state index in [0.29, 0.717) is 18.1 Å². The van der Waals surface area contributed by atoms with Crippen LogP contribution in [0.3, 0.4) is 0 Å². The molecule has 0 saturated carbocycles. The van der Waals surface area contributed by atoms with Crippen LogP contribution >= 0.6 is 0 Å². The largest absolute Gasteiger partial charge is 0.369 e. The zero-order valence-corrected chi connectivity index (χ0v) is 13.4. The molecule has 1 amide bonds. The summed E-state index contributed by atoms with van der Waals surface area (Å²) in [5, 5.41) is 13.9. The van der Waals surface area contributed by atoms with Crippen LogP contribution in [-0.2, 0) is 0 Å². The Kier molecular flexibility index (Phi) is 8.35. The Morgan fingerprint density at radius 3 is 2.48 bits per heavy atom. The zero-order valence-electron chi connectivity index (χ0n) is 13.4. The molecule has 0 aliphatic heterocycles. The van der Waals surface area contributed by atoms with Crippen LogP contribution < -0.4 is 10.6 Å². The maximum atomic E-state index is 11.9. The van der Waals surface area contributed by atoms with Gasteiger partial charge in [0.1, 0.15) is 5.82 Å². The second-order valence-corrected chi connectivity index (χ2v) is 4.87. The molecular formula is C15H27N5O. The smallest absolute Gasteiger partial charge is 0.271 e. The summed E-state index contributed by atoms with van der Waals surface area (Å²) in [7, 11) is 0. The first kappa shape index (κ1) is 17.4. The maximum Gasteiger partial charge on any atom is 0.271 e. The monoisotopic (exact) mass is 293 g/mol. The Morgan fingerprint density at radius 2 is 1.90 bits per heavy atom. The van der Waals surface area contributed by atoms with Gasteiger partial charge in [-0.1, -0.05) is 20.8 Å². The summed E-state index contributed by atoms with van der Waals surface area (Å²) in [5.74, 6) is 0.541. The van der Waals surface area contributed by atoms with Gasteiger partial charge in [-0.05, 0) is 44.6 Å². The third-order valence-corrected chi connectivity index (χ3v) is 3.28. The highest BCUT2D eigenvalue weighted by Crippen LogP contribution is 2.02. The van der Waals surface area contributed by atoms with E-state index >= 15 is 0 Å². The number of carbonyl (C=O) groups excluding carboxylic acids is 1. The van der Waals surface area contributed by atoms with Crippen LogP contribution in [0.25, 0.3) is 0 Å². The van der Waals surface area contributed by atoms with Gasteiger partial charge in [0.15, 0.2) is 5.69 Å². The number of carbonyl (C=O) groups is 1. The van der Waals surface area contributed by atoms with Crippen molar-refractivity contribution in [2.45, 2.75) is 33.6 Å².